The lowest BCUT2D eigenvalue weighted by molar-refractivity contribution is 0.597. The third-order valence-electron chi connectivity index (χ3n) is 1.64. The molecule has 80 valence electrons. The molecule has 0 aliphatic carbocycles. The van der Waals surface area contributed by atoms with Crippen molar-refractivity contribution in [2.75, 3.05) is 5.88 Å². The summed E-state index contributed by atoms with van der Waals surface area (Å²) in [4.78, 5) is 0.0482. The number of primary sulfonamides is 1. The molecule has 5 heteroatoms. The zero-order chi connectivity index (χ0) is 11.3. The highest BCUT2D eigenvalue weighted by Gasteiger charge is 2.10. The molecule has 1 rings (SSSR count). The zero-order valence-corrected chi connectivity index (χ0v) is 9.48. The Morgan fingerprint density at radius 2 is 2.00 bits per heavy atom. The number of benzene rings is 1. The largest absolute Gasteiger partial charge is 0.239 e. The molecule has 0 spiro atoms. The Morgan fingerprint density at radius 1 is 1.33 bits per heavy atom. The second-order valence-corrected chi connectivity index (χ2v) is 4.69. The molecule has 0 saturated heterocycles. The summed E-state index contributed by atoms with van der Waals surface area (Å²) in [7, 11) is -3.71. The van der Waals surface area contributed by atoms with Crippen molar-refractivity contribution in [3.05, 3.63) is 29.8 Å². The summed E-state index contributed by atoms with van der Waals surface area (Å²) in [5, 5.41) is 5.04. The molecular weight excluding hydrogens is 234 g/mol. The van der Waals surface area contributed by atoms with Gasteiger partial charge < -0.3 is 0 Å². The number of rotatable bonds is 2. The molecule has 0 aromatic heterocycles. The minimum atomic E-state index is -3.71. The van der Waals surface area contributed by atoms with Crippen molar-refractivity contribution in [2.24, 2.45) is 5.14 Å². The van der Waals surface area contributed by atoms with E-state index in [4.69, 9.17) is 16.7 Å². The van der Waals surface area contributed by atoms with Crippen LogP contribution >= 0.6 is 11.6 Å². The topological polar surface area (TPSA) is 60.2 Å². The highest BCUT2D eigenvalue weighted by molar-refractivity contribution is 7.89. The lowest BCUT2D eigenvalue weighted by Gasteiger charge is -2.00. The summed E-state index contributed by atoms with van der Waals surface area (Å²) in [5.41, 5.74) is 0.408. The molecule has 2 N–H and O–H groups in total. The van der Waals surface area contributed by atoms with Gasteiger partial charge in [-0.25, -0.2) is 13.6 Å². The van der Waals surface area contributed by atoms with Crippen molar-refractivity contribution in [2.45, 2.75) is 11.3 Å². The molecule has 0 radical (unpaired) electrons. The van der Waals surface area contributed by atoms with E-state index in [0.29, 0.717) is 17.9 Å². The van der Waals surface area contributed by atoms with E-state index >= 15 is 0 Å². The van der Waals surface area contributed by atoms with Crippen LogP contribution in [0, 0.1) is 11.8 Å². The van der Waals surface area contributed by atoms with E-state index < -0.39 is 10.0 Å². The lowest BCUT2D eigenvalue weighted by Crippen LogP contribution is -2.13. The van der Waals surface area contributed by atoms with Gasteiger partial charge in [0.25, 0.3) is 0 Å². The van der Waals surface area contributed by atoms with Gasteiger partial charge in [-0.05, 0) is 12.1 Å². The molecule has 0 unspecified atom stereocenters. The van der Waals surface area contributed by atoms with Crippen molar-refractivity contribution in [3.8, 4) is 11.8 Å². The van der Waals surface area contributed by atoms with Crippen LogP contribution < -0.4 is 5.14 Å². The Morgan fingerprint density at radius 3 is 2.60 bits per heavy atom. The average Bonchev–Trinajstić information content (AvgIpc) is 2.17. The Balaban J connectivity index is 3.15. The van der Waals surface area contributed by atoms with Crippen molar-refractivity contribution in [1.82, 2.24) is 0 Å². The van der Waals surface area contributed by atoms with E-state index in [0.717, 1.165) is 0 Å². The van der Waals surface area contributed by atoms with E-state index in [1.165, 1.54) is 6.07 Å². The van der Waals surface area contributed by atoms with Gasteiger partial charge >= 0.3 is 0 Å². The van der Waals surface area contributed by atoms with E-state index in [-0.39, 0.29) is 4.90 Å². The predicted molar refractivity (Wildman–Crippen MR) is 60.0 cm³/mol. The van der Waals surface area contributed by atoms with Gasteiger partial charge in [0.15, 0.2) is 0 Å². The molecule has 0 aliphatic rings. The standard InChI is InChI=1S/C10H10ClNO2S/c11-8-4-3-6-9-5-1-2-7-10(9)15(12,13)14/h1-2,5,7H,4,8H2,(H2,12,13,14). The fraction of sp³-hybridized carbons (Fsp3) is 0.200. The van der Waals surface area contributed by atoms with Crippen LogP contribution in [-0.4, -0.2) is 14.3 Å². The number of hydrogen-bond donors (Lipinski definition) is 1. The van der Waals surface area contributed by atoms with Crippen LogP contribution in [0.4, 0.5) is 0 Å². The van der Waals surface area contributed by atoms with Gasteiger partial charge in [-0.2, -0.15) is 0 Å². The number of sulfonamides is 1. The molecule has 0 amide bonds. The summed E-state index contributed by atoms with van der Waals surface area (Å²) in [5.74, 6) is 5.91. The van der Waals surface area contributed by atoms with Crippen LogP contribution in [0.2, 0.25) is 0 Å². The molecule has 1 aromatic rings. The summed E-state index contributed by atoms with van der Waals surface area (Å²) in [6.07, 6.45) is 0.514. The first-order valence-electron chi connectivity index (χ1n) is 4.22. The van der Waals surface area contributed by atoms with Crippen LogP contribution in [0.1, 0.15) is 12.0 Å². The minimum absolute atomic E-state index is 0.0482. The molecule has 0 saturated carbocycles. The van der Waals surface area contributed by atoms with Crippen molar-refractivity contribution < 1.29 is 8.42 Å². The highest BCUT2D eigenvalue weighted by Crippen LogP contribution is 2.11. The Bertz CT molecular complexity index is 500. The SMILES string of the molecule is NS(=O)(=O)c1ccccc1C#CCCCl. The molecule has 0 bridgehead atoms. The number of nitrogens with two attached hydrogens (primary N) is 1. The predicted octanol–water partition coefficient (Wildman–Crippen LogP) is 1.31. The smallest absolute Gasteiger partial charge is 0.225 e. The fourth-order valence-electron chi connectivity index (χ4n) is 1.02. The van der Waals surface area contributed by atoms with Gasteiger partial charge in [-0.15, -0.1) is 11.6 Å². The van der Waals surface area contributed by atoms with Crippen LogP contribution in [-0.2, 0) is 10.0 Å². The third kappa shape index (κ3) is 3.56. The number of halogens is 1. The van der Waals surface area contributed by atoms with Crippen LogP contribution in [0.15, 0.2) is 29.2 Å². The number of hydrogen-bond acceptors (Lipinski definition) is 2. The normalized spacial score (nSPS) is 10.5. The van der Waals surface area contributed by atoms with Crippen molar-refractivity contribution >= 4 is 21.6 Å². The maximum absolute atomic E-state index is 11.2. The second kappa shape index (κ2) is 5.17. The Hall–Kier alpha value is -1.02. The summed E-state index contributed by atoms with van der Waals surface area (Å²) in [6, 6.07) is 6.35. The monoisotopic (exact) mass is 243 g/mol. The van der Waals surface area contributed by atoms with Crippen molar-refractivity contribution in [1.29, 1.82) is 0 Å². The maximum atomic E-state index is 11.2. The molecule has 0 heterocycles. The first kappa shape index (κ1) is 12.1. The van der Waals surface area contributed by atoms with Gasteiger partial charge in [-0.1, -0.05) is 24.0 Å². The summed E-state index contributed by atoms with van der Waals surface area (Å²) >= 11 is 5.45. The summed E-state index contributed by atoms with van der Waals surface area (Å²) < 4.78 is 22.3. The minimum Gasteiger partial charge on any atom is -0.225 e. The Labute approximate surface area is 94.3 Å². The molecule has 3 nitrogen and oxygen atoms in total. The van der Waals surface area contributed by atoms with Crippen LogP contribution in [0.5, 0.6) is 0 Å². The van der Waals surface area contributed by atoms with Gasteiger partial charge in [0.2, 0.25) is 10.0 Å². The first-order valence-corrected chi connectivity index (χ1v) is 6.30. The van der Waals surface area contributed by atoms with Gasteiger partial charge in [0, 0.05) is 17.9 Å². The highest BCUT2D eigenvalue weighted by atomic mass is 35.5. The quantitative estimate of drug-likeness (QED) is 0.629. The molecule has 15 heavy (non-hydrogen) atoms. The number of alkyl halides is 1. The van der Waals surface area contributed by atoms with Gasteiger partial charge in [0.05, 0.1) is 4.90 Å². The molecule has 0 aliphatic heterocycles. The molecule has 0 atom stereocenters. The van der Waals surface area contributed by atoms with E-state index in [9.17, 15) is 8.42 Å². The van der Waals surface area contributed by atoms with Crippen LogP contribution in [0.25, 0.3) is 0 Å². The molecule has 0 fully saturated rings. The molecular formula is C10H10ClNO2S. The second-order valence-electron chi connectivity index (χ2n) is 2.78. The zero-order valence-electron chi connectivity index (χ0n) is 7.90. The third-order valence-corrected chi connectivity index (χ3v) is 2.79. The lowest BCUT2D eigenvalue weighted by atomic mass is 10.2. The van der Waals surface area contributed by atoms with E-state index in [2.05, 4.69) is 11.8 Å². The average molecular weight is 244 g/mol. The van der Waals surface area contributed by atoms with Crippen LogP contribution in [0.3, 0.4) is 0 Å². The van der Waals surface area contributed by atoms with E-state index in [1.807, 2.05) is 0 Å². The fourth-order valence-corrected chi connectivity index (χ4v) is 1.81. The maximum Gasteiger partial charge on any atom is 0.239 e. The van der Waals surface area contributed by atoms with Crippen molar-refractivity contribution in [3.63, 3.8) is 0 Å². The van der Waals surface area contributed by atoms with E-state index in [1.54, 1.807) is 18.2 Å². The molecule has 1 aromatic carbocycles. The first-order chi connectivity index (χ1) is 7.05. The summed E-state index contributed by atoms with van der Waals surface area (Å²) in [6.45, 7) is 0. The van der Waals surface area contributed by atoms with Gasteiger partial charge in [0.1, 0.15) is 0 Å². The van der Waals surface area contributed by atoms with Gasteiger partial charge in [-0.3, -0.25) is 0 Å². The Kier molecular flexibility index (Phi) is 4.15.